The Balaban J connectivity index is 2.03. The summed E-state index contributed by atoms with van der Waals surface area (Å²) in [6, 6.07) is 0. The van der Waals surface area contributed by atoms with Gasteiger partial charge < -0.3 is 10.5 Å². The third kappa shape index (κ3) is 1.53. The van der Waals surface area contributed by atoms with Crippen molar-refractivity contribution in [3.05, 3.63) is 6.33 Å². The highest BCUT2D eigenvalue weighted by molar-refractivity contribution is 5.78. The molecule has 0 radical (unpaired) electrons. The normalized spacial score (nSPS) is 20.2. The lowest BCUT2D eigenvalue weighted by Crippen LogP contribution is -2.08. The summed E-state index contributed by atoms with van der Waals surface area (Å²) in [5.41, 5.74) is 8.03. The molecule has 0 aromatic carbocycles. The van der Waals surface area contributed by atoms with Gasteiger partial charge in [0.1, 0.15) is 6.33 Å². The molecule has 2 N–H and O–H groups in total. The highest BCUT2D eigenvalue weighted by Crippen LogP contribution is 2.69. The highest BCUT2D eigenvalue weighted by Gasteiger charge is 2.64. The first kappa shape index (κ1) is 13.1. The highest BCUT2D eigenvalue weighted by atomic mass is 16.5. The number of fused-ring (bicyclic) bond motifs is 1. The van der Waals surface area contributed by atoms with Crippen molar-refractivity contribution in [2.75, 3.05) is 12.8 Å². The minimum Gasteiger partial charge on any atom is -0.479 e. The average Bonchev–Trinajstić information content (AvgIpc) is 2.67. The van der Waals surface area contributed by atoms with Gasteiger partial charge in [0.2, 0.25) is 11.8 Å². The molecule has 3 rings (SSSR count). The number of ether oxygens (including phenoxy) is 1. The molecule has 6 nitrogen and oxygen atoms in total. The number of imidazole rings is 1. The Bertz CT molecular complexity index is 659. The van der Waals surface area contributed by atoms with Crippen LogP contribution in [-0.4, -0.2) is 26.6 Å². The number of hydrogen-bond acceptors (Lipinski definition) is 5. The van der Waals surface area contributed by atoms with E-state index >= 15 is 0 Å². The topological polar surface area (TPSA) is 78.8 Å². The summed E-state index contributed by atoms with van der Waals surface area (Å²) in [5, 5.41) is 0. The van der Waals surface area contributed by atoms with Gasteiger partial charge in [-0.1, -0.05) is 27.7 Å². The van der Waals surface area contributed by atoms with Crippen molar-refractivity contribution in [3.8, 4) is 5.88 Å². The van der Waals surface area contributed by atoms with Crippen LogP contribution in [0.1, 0.15) is 27.7 Å². The molecule has 0 aliphatic heterocycles. The fourth-order valence-electron chi connectivity index (χ4n) is 3.23. The Labute approximate surface area is 118 Å². The second-order valence-electron chi connectivity index (χ2n) is 6.63. The third-order valence-corrected chi connectivity index (χ3v) is 5.41. The zero-order valence-corrected chi connectivity index (χ0v) is 12.6. The first-order chi connectivity index (χ1) is 9.30. The maximum absolute atomic E-state index is 6.06. The average molecular weight is 275 g/mol. The largest absolute Gasteiger partial charge is 0.479 e. The van der Waals surface area contributed by atoms with Crippen LogP contribution in [0.2, 0.25) is 0 Å². The van der Waals surface area contributed by atoms with Crippen LogP contribution in [0.15, 0.2) is 6.33 Å². The Morgan fingerprint density at radius 2 is 1.90 bits per heavy atom. The first-order valence-electron chi connectivity index (χ1n) is 6.81. The molecule has 1 aliphatic carbocycles. The van der Waals surface area contributed by atoms with E-state index in [9.17, 15) is 0 Å². The number of nitrogens with zero attached hydrogens (tertiary/aromatic N) is 4. The van der Waals surface area contributed by atoms with Crippen molar-refractivity contribution in [1.82, 2.24) is 19.5 Å². The number of nitrogen functional groups attached to an aromatic ring is 1. The second-order valence-corrected chi connectivity index (χ2v) is 6.63. The van der Waals surface area contributed by atoms with E-state index in [2.05, 4.69) is 42.6 Å². The summed E-state index contributed by atoms with van der Waals surface area (Å²) < 4.78 is 7.19. The molecule has 2 aromatic rings. The molecule has 0 unspecified atom stereocenters. The van der Waals surface area contributed by atoms with Crippen LogP contribution in [0.25, 0.3) is 11.2 Å². The van der Waals surface area contributed by atoms with Gasteiger partial charge in [0.15, 0.2) is 11.2 Å². The fraction of sp³-hybridized carbons (Fsp3) is 0.643. The molecular weight excluding hydrogens is 254 g/mol. The van der Waals surface area contributed by atoms with Crippen molar-refractivity contribution in [2.45, 2.75) is 34.2 Å². The molecule has 20 heavy (non-hydrogen) atoms. The van der Waals surface area contributed by atoms with Gasteiger partial charge >= 0.3 is 0 Å². The number of nitrogens with two attached hydrogens (primary N) is 1. The third-order valence-electron chi connectivity index (χ3n) is 5.41. The quantitative estimate of drug-likeness (QED) is 0.928. The lowest BCUT2D eigenvalue weighted by molar-refractivity contribution is 0.401. The summed E-state index contributed by atoms with van der Waals surface area (Å²) in [7, 11) is 1.57. The Morgan fingerprint density at radius 1 is 1.25 bits per heavy atom. The van der Waals surface area contributed by atoms with Crippen LogP contribution in [0.4, 0.5) is 5.95 Å². The van der Waals surface area contributed by atoms with Crippen molar-refractivity contribution in [1.29, 1.82) is 0 Å². The maximum atomic E-state index is 6.06. The fourth-order valence-corrected chi connectivity index (χ4v) is 3.23. The van der Waals surface area contributed by atoms with Gasteiger partial charge in [-0.15, -0.1) is 0 Å². The molecule has 0 bridgehead atoms. The summed E-state index contributed by atoms with van der Waals surface area (Å²) in [6.45, 7) is 10.00. The molecule has 0 atom stereocenters. The molecule has 2 heterocycles. The standard InChI is InChI=1S/C14H21N5O/c1-13(2)8(14(13,3)4)6-19-10-9(18-12(19)15)11(20-5)17-7-16-10/h7-8H,6H2,1-5H3,(H2,15,18). The number of rotatable bonds is 3. The van der Waals surface area contributed by atoms with Crippen LogP contribution < -0.4 is 10.5 Å². The summed E-state index contributed by atoms with van der Waals surface area (Å²) in [4.78, 5) is 12.7. The van der Waals surface area contributed by atoms with Gasteiger partial charge in [-0.2, -0.15) is 4.98 Å². The van der Waals surface area contributed by atoms with Gasteiger partial charge in [0.05, 0.1) is 7.11 Å². The first-order valence-corrected chi connectivity index (χ1v) is 6.81. The Hall–Kier alpha value is -1.85. The van der Waals surface area contributed by atoms with Crippen LogP contribution in [0.3, 0.4) is 0 Å². The van der Waals surface area contributed by atoms with Gasteiger partial charge in [0, 0.05) is 6.54 Å². The SMILES string of the molecule is COc1ncnc2c1nc(N)n2CC1C(C)(C)C1(C)C. The zero-order valence-electron chi connectivity index (χ0n) is 12.6. The molecular formula is C14H21N5O. The summed E-state index contributed by atoms with van der Waals surface area (Å²) >= 11 is 0. The van der Waals surface area contributed by atoms with Crippen LogP contribution in [-0.2, 0) is 6.54 Å². The Kier molecular flexibility index (Phi) is 2.52. The molecule has 1 fully saturated rings. The lowest BCUT2D eigenvalue weighted by atomic mass is 10.0. The van der Waals surface area contributed by atoms with Crippen LogP contribution in [0.5, 0.6) is 5.88 Å². The van der Waals surface area contributed by atoms with E-state index in [0.717, 1.165) is 12.2 Å². The van der Waals surface area contributed by atoms with E-state index in [1.54, 1.807) is 7.11 Å². The minimum atomic E-state index is 0.299. The van der Waals surface area contributed by atoms with Gasteiger partial charge in [-0.05, 0) is 16.7 Å². The van der Waals surface area contributed by atoms with Crippen molar-refractivity contribution in [3.63, 3.8) is 0 Å². The van der Waals surface area contributed by atoms with Gasteiger partial charge in [-0.3, -0.25) is 4.57 Å². The molecule has 1 aliphatic rings. The Morgan fingerprint density at radius 3 is 2.45 bits per heavy atom. The van der Waals surface area contributed by atoms with E-state index in [0.29, 0.717) is 34.1 Å². The molecule has 1 saturated carbocycles. The van der Waals surface area contributed by atoms with E-state index in [4.69, 9.17) is 10.5 Å². The van der Waals surface area contributed by atoms with E-state index < -0.39 is 0 Å². The van der Waals surface area contributed by atoms with Crippen LogP contribution >= 0.6 is 0 Å². The summed E-state index contributed by atoms with van der Waals surface area (Å²) in [5.74, 6) is 1.49. The van der Waals surface area contributed by atoms with Crippen molar-refractivity contribution < 1.29 is 4.74 Å². The van der Waals surface area contributed by atoms with E-state index in [1.807, 2.05) is 4.57 Å². The van der Waals surface area contributed by atoms with Crippen LogP contribution in [0, 0.1) is 16.7 Å². The lowest BCUT2D eigenvalue weighted by Gasteiger charge is -2.07. The molecule has 6 heteroatoms. The number of hydrogen-bond donors (Lipinski definition) is 1. The molecule has 0 amide bonds. The van der Waals surface area contributed by atoms with Crippen molar-refractivity contribution >= 4 is 17.1 Å². The molecule has 0 saturated heterocycles. The van der Waals surface area contributed by atoms with E-state index in [-0.39, 0.29) is 0 Å². The molecule has 108 valence electrons. The predicted octanol–water partition coefficient (Wildman–Crippen LogP) is 2.10. The predicted molar refractivity (Wildman–Crippen MR) is 77.3 cm³/mol. The molecule has 0 spiro atoms. The van der Waals surface area contributed by atoms with Crippen molar-refractivity contribution in [2.24, 2.45) is 16.7 Å². The monoisotopic (exact) mass is 275 g/mol. The number of anilines is 1. The summed E-state index contributed by atoms with van der Waals surface area (Å²) in [6.07, 6.45) is 1.49. The second kappa shape index (κ2) is 3.84. The van der Waals surface area contributed by atoms with E-state index in [1.165, 1.54) is 6.33 Å². The number of aromatic nitrogens is 4. The maximum Gasteiger partial charge on any atom is 0.245 e. The number of methoxy groups -OCH3 is 1. The smallest absolute Gasteiger partial charge is 0.245 e. The molecule has 2 aromatic heterocycles. The van der Waals surface area contributed by atoms with Gasteiger partial charge in [0.25, 0.3) is 0 Å². The minimum absolute atomic E-state index is 0.299. The zero-order chi connectivity index (χ0) is 14.7. The van der Waals surface area contributed by atoms with Gasteiger partial charge in [-0.25, -0.2) is 9.97 Å².